The molecule has 3 fully saturated rings. The molecule has 9 heteroatoms. The van der Waals surface area contributed by atoms with Crippen molar-refractivity contribution in [1.29, 1.82) is 0 Å². The summed E-state index contributed by atoms with van der Waals surface area (Å²) in [7, 11) is 0. The second-order valence-electron chi connectivity index (χ2n) is 9.29. The van der Waals surface area contributed by atoms with Crippen molar-refractivity contribution in [3.63, 3.8) is 0 Å². The lowest BCUT2D eigenvalue weighted by atomic mass is 9.79. The van der Waals surface area contributed by atoms with Crippen LogP contribution in [0.5, 0.6) is 5.75 Å². The van der Waals surface area contributed by atoms with Gasteiger partial charge in [-0.3, -0.25) is 0 Å². The maximum atomic E-state index is 11.0. The monoisotopic (exact) mass is 504 g/mol. The van der Waals surface area contributed by atoms with E-state index < -0.39 is 42.1 Å². The van der Waals surface area contributed by atoms with Crippen LogP contribution in [0.4, 0.5) is 0 Å². The predicted molar refractivity (Wildman–Crippen MR) is 126 cm³/mol. The third-order valence-electron chi connectivity index (χ3n) is 7.10. The SMILES string of the molecule is C=C1CC([C@@]23COC(c4ccc(Cl)c(Cc5ccc(OCC)cc5)c4)(O2)C(O)C(O)C3O)OC1O. The molecule has 2 bridgehead atoms. The van der Waals surface area contributed by atoms with E-state index in [2.05, 4.69) is 6.58 Å². The van der Waals surface area contributed by atoms with Crippen LogP contribution >= 0.6 is 11.6 Å². The fourth-order valence-corrected chi connectivity index (χ4v) is 5.33. The fourth-order valence-electron chi connectivity index (χ4n) is 5.15. The van der Waals surface area contributed by atoms with Crippen molar-refractivity contribution in [2.45, 2.75) is 61.9 Å². The van der Waals surface area contributed by atoms with Crippen molar-refractivity contribution in [1.82, 2.24) is 0 Å². The number of aliphatic hydroxyl groups excluding tert-OH is 4. The van der Waals surface area contributed by atoms with Gasteiger partial charge >= 0.3 is 0 Å². The van der Waals surface area contributed by atoms with E-state index in [4.69, 9.17) is 30.5 Å². The molecular weight excluding hydrogens is 476 g/mol. The summed E-state index contributed by atoms with van der Waals surface area (Å²) in [6.07, 6.45) is -5.98. The van der Waals surface area contributed by atoms with Crippen LogP contribution in [-0.4, -0.2) is 69.9 Å². The van der Waals surface area contributed by atoms with Gasteiger partial charge in [-0.05, 0) is 54.3 Å². The van der Waals surface area contributed by atoms with E-state index in [9.17, 15) is 20.4 Å². The van der Waals surface area contributed by atoms with Gasteiger partial charge in [0.15, 0.2) is 11.9 Å². The van der Waals surface area contributed by atoms with Gasteiger partial charge in [0.25, 0.3) is 0 Å². The number of ether oxygens (including phenoxy) is 4. The summed E-state index contributed by atoms with van der Waals surface area (Å²) in [6, 6.07) is 12.8. The number of hydrogen-bond donors (Lipinski definition) is 4. The van der Waals surface area contributed by atoms with Crippen molar-refractivity contribution < 1.29 is 39.4 Å². The third-order valence-corrected chi connectivity index (χ3v) is 7.47. The molecule has 7 atom stereocenters. The fraction of sp³-hybridized carbons (Fsp3) is 0.462. The first kappa shape index (κ1) is 24.7. The molecule has 3 saturated heterocycles. The Kier molecular flexibility index (Phi) is 6.44. The molecule has 0 radical (unpaired) electrons. The second-order valence-corrected chi connectivity index (χ2v) is 9.70. The molecule has 0 aromatic heterocycles. The van der Waals surface area contributed by atoms with E-state index in [0.29, 0.717) is 29.2 Å². The topological polar surface area (TPSA) is 118 Å². The molecule has 2 aromatic carbocycles. The molecular formula is C26H29ClO8. The summed E-state index contributed by atoms with van der Waals surface area (Å²) >= 11 is 6.50. The highest BCUT2D eigenvalue weighted by Crippen LogP contribution is 2.53. The van der Waals surface area contributed by atoms with E-state index in [0.717, 1.165) is 16.9 Å². The number of aliphatic hydroxyl groups is 4. The Balaban J connectivity index is 1.47. The zero-order chi connectivity index (χ0) is 25.0. The summed E-state index contributed by atoms with van der Waals surface area (Å²) in [5.74, 6) is -0.978. The molecule has 188 valence electrons. The first-order valence-electron chi connectivity index (χ1n) is 11.6. The number of rotatable bonds is 6. The Morgan fingerprint density at radius 2 is 1.83 bits per heavy atom. The van der Waals surface area contributed by atoms with Crippen LogP contribution in [-0.2, 0) is 26.4 Å². The zero-order valence-corrected chi connectivity index (χ0v) is 20.0. The number of benzene rings is 2. The molecule has 3 aliphatic heterocycles. The van der Waals surface area contributed by atoms with Gasteiger partial charge in [-0.1, -0.05) is 36.4 Å². The Labute approximate surface area is 208 Å². The highest BCUT2D eigenvalue weighted by Gasteiger charge is 2.70. The van der Waals surface area contributed by atoms with Crippen LogP contribution in [0.3, 0.4) is 0 Å². The highest BCUT2D eigenvalue weighted by molar-refractivity contribution is 6.31. The number of halogens is 1. The minimum Gasteiger partial charge on any atom is -0.494 e. The summed E-state index contributed by atoms with van der Waals surface area (Å²) in [4.78, 5) is 0. The highest BCUT2D eigenvalue weighted by atomic mass is 35.5. The van der Waals surface area contributed by atoms with Gasteiger partial charge in [-0.15, -0.1) is 0 Å². The van der Waals surface area contributed by atoms with E-state index in [1.807, 2.05) is 31.2 Å². The molecule has 3 aliphatic rings. The maximum absolute atomic E-state index is 11.0. The predicted octanol–water partition coefficient (Wildman–Crippen LogP) is 2.03. The molecule has 6 unspecified atom stereocenters. The van der Waals surface area contributed by atoms with Crippen LogP contribution in [0.25, 0.3) is 0 Å². The molecule has 0 amide bonds. The van der Waals surface area contributed by atoms with Crippen LogP contribution in [0, 0.1) is 0 Å². The van der Waals surface area contributed by atoms with E-state index in [1.165, 1.54) is 0 Å². The largest absolute Gasteiger partial charge is 0.494 e. The lowest BCUT2D eigenvalue weighted by molar-refractivity contribution is -0.341. The molecule has 0 spiro atoms. The van der Waals surface area contributed by atoms with Crippen molar-refractivity contribution in [2.24, 2.45) is 0 Å². The third kappa shape index (κ3) is 3.98. The first-order valence-corrected chi connectivity index (χ1v) is 12.0. The summed E-state index contributed by atoms with van der Waals surface area (Å²) in [6.45, 7) is 6.13. The Hall–Kier alpha value is -2.01. The smallest absolute Gasteiger partial charge is 0.225 e. The maximum Gasteiger partial charge on any atom is 0.225 e. The quantitative estimate of drug-likeness (QED) is 0.441. The van der Waals surface area contributed by atoms with E-state index in [-0.39, 0.29) is 13.0 Å². The average Bonchev–Trinajstić information content (AvgIpc) is 3.40. The molecule has 0 aliphatic carbocycles. The lowest BCUT2D eigenvalue weighted by Crippen LogP contribution is -2.68. The average molecular weight is 505 g/mol. The minimum absolute atomic E-state index is 0.163. The first-order chi connectivity index (χ1) is 16.7. The van der Waals surface area contributed by atoms with Gasteiger partial charge in [0, 0.05) is 17.0 Å². The Morgan fingerprint density at radius 3 is 2.49 bits per heavy atom. The van der Waals surface area contributed by atoms with Crippen LogP contribution in [0.15, 0.2) is 54.6 Å². The summed E-state index contributed by atoms with van der Waals surface area (Å²) in [5.41, 5.74) is 1.14. The molecule has 3 heterocycles. The van der Waals surface area contributed by atoms with Gasteiger partial charge in [-0.2, -0.15) is 0 Å². The molecule has 5 rings (SSSR count). The Bertz CT molecular complexity index is 1110. The molecule has 2 aromatic rings. The van der Waals surface area contributed by atoms with Crippen LogP contribution in [0.1, 0.15) is 30.0 Å². The van der Waals surface area contributed by atoms with Crippen LogP contribution < -0.4 is 4.74 Å². The van der Waals surface area contributed by atoms with Gasteiger partial charge in [0.05, 0.1) is 19.3 Å². The van der Waals surface area contributed by atoms with Gasteiger partial charge in [0.2, 0.25) is 5.79 Å². The summed E-state index contributed by atoms with van der Waals surface area (Å²) < 4.78 is 23.4. The Morgan fingerprint density at radius 1 is 1.09 bits per heavy atom. The molecule has 0 saturated carbocycles. The van der Waals surface area contributed by atoms with Gasteiger partial charge in [0.1, 0.15) is 24.1 Å². The van der Waals surface area contributed by atoms with E-state index >= 15 is 0 Å². The molecule has 35 heavy (non-hydrogen) atoms. The van der Waals surface area contributed by atoms with Gasteiger partial charge in [-0.25, -0.2) is 0 Å². The summed E-state index contributed by atoms with van der Waals surface area (Å²) in [5, 5.41) is 43.3. The van der Waals surface area contributed by atoms with Crippen molar-refractivity contribution in [3.05, 3.63) is 76.3 Å². The van der Waals surface area contributed by atoms with Crippen LogP contribution in [0.2, 0.25) is 5.02 Å². The minimum atomic E-state index is -1.75. The van der Waals surface area contributed by atoms with Gasteiger partial charge < -0.3 is 39.4 Å². The van der Waals surface area contributed by atoms with Crippen molar-refractivity contribution in [3.8, 4) is 5.75 Å². The second kappa shape index (κ2) is 9.14. The van der Waals surface area contributed by atoms with Crippen molar-refractivity contribution >= 4 is 11.6 Å². The number of fused-ring (bicyclic) bond motifs is 2. The normalized spacial score (nSPS) is 36.5. The standard InChI is InChI=1S/C26H29ClO8/c1-3-32-18-7-4-15(5-8-18)11-16-12-17(6-9-19(16)27)26-23(30)21(28)22(29)25(35-26,13-33-26)20-10-14(2)24(31)34-20/h4-9,12,20-24,28-31H,2-3,10-11,13H2,1H3/t20?,21?,22?,23?,24?,25-,26?/m1/s1. The van der Waals surface area contributed by atoms with Crippen molar-refractivity contribution in [2.75, 3.05) is 13.2 Å². The molecule has 8 nitrogen and oxygen atoms in total. The number of hydrogen-bond acceptors (Lipinski definition) is 8. The lowest BCUT2D eigenvalue weighted by Gasteiger charge is -2.48. The molecule has 4 N–H and O–H groups in total. The zero-order valence-electron chi connectivity index (χ0n) is 19.3. The van der Waals surface area contributed by atoms with E-state index in [1.54, 1.807) is 18.2 Å².